The first-order valence-corrected chi connectivity index (χ1v) is 5.20. The van der Waals surface area contributed by atoms with Crippen LogP contribution in [0.5, 0.6) is 0 Å². The van der Waals surface area contributed by atoms with Gasteiger partial charge < -0.3 is 9.84 Å². The summed E-state index contributed by atoms with van der Waals surface area (Å²) in [6.07, 6.45) is 0. The van der Waals surface area contributed by atoms with Gasteiger partial charge in [0.15, 0.2) is 0 Å². The lowest BCUT2D eigenvalue weighted by Crippen LogP contribution is -2.29. The zero-order chi connectivity index (χ0) is 10.0. The molecular formula is C7H10O5S. The van der Waals surface area contributed by atoms with Gasteiger partial charge in [-0.3, -0.25) is 13.8 Å². The van der Waals surface area contributed by atoms with Gasteiger partial charge in [0.05, 0.1) is 18.9 Å². The van der Waals surface area contributed by atoms with Crippen molar-refractivity contribution >= 4 is 22.7 Å². The van der Waals surface area contributed by atoms with Gasteiger partial charge in [-0.15, -0.1) is 0 Å². The number of carboxylic acid groups (broad SMARTS) is 1. The smallest absolute Gasteiger partial charge is 0.310 e. The minimum Gasteiger partial charge on any atom is -0.481 e. The number of ether oxygens (including phenoxy) is 1. The number of hydrogen-bond acceptors (Lipinski definition) is 4. The van der Waals surface area contributed by atoms with Gasteiger partial charge in [-0.2, -0.15) is 0 Å². The summed E-state index contributed by atoms with van der Waals surface area (Å²) >= 11 is 0. The number of carbonyl (C=O) groups is 2. The lowest BCUT2D eigenvalue weighted by molar-refractivity contribution is -0.153. The first-order valence-electron chi connectivity index (χ1n) is 3.72. The molecule has 0 radical (unpaired) electrons. The molecule has 0 spiro atoms. The van der Waals surface area contributed by atoms with Crippen molar-refractivity contribution < 1.29 is 23.6 Å². The number of aliphatic carboxylic acids is 1. The first-order chi connectivity index (χ1) is 6.06. The Balaban J connectivity index is 2.77. The van der Waals surface area contributed by atoms with Gasteiger partial charge >= 0.3 is 11.9 Å². The van der Waals surface area contributed by atoms with E-state index in [-0.39, 0.29) is 11.5 Å². The molecule has 0 saturated carbocycles. The predicted molar refractivity (Wildman–Crippen MR) is 44.5 cm³/mol. The van der Waals surface area contributed by atoms with Crippen LogP contribution in [-0.4, -0.2) is 39.9 Å². The summed E-state index contributed by atoms with van der Waals surface area (Å²) < 4.78 is 15.5. The van der Waals surface area contributed by atoms with Crippen molar-refractivity contribution in [3.05, 3.63) is 0 Å². The minimum absolute atomic E-state index is 0.0507. The maximum atomic E-state index is 11.1. The fourth-order valence-electron chi connectivity index (χ4n) is 1.33. The molecule has 0 aromatic heterocycles. The Bertz CT molecular complexity index is 262. The summed E-state index contributed by atoms with van der Waals surface area (Å²) in [5.41, 5.74) is 0. The Labute approximate surface area is 77.5 Å². The van der Waals surface area contributed by atoms with Crippen LogP contribution in [0.25, 0.3) is 0 Å². The van der Waals surface area contributed by atoms with E-state index in [4.69, 9.17) is 5.11 Å². The van der Waals surface area contributed by atoms with Gasteiger partial charge in [0, 0.05) is 22.3 Å². The van der Waals surface area contributed by atoms with Crippen LogP contribution in [0, 0.1) is 11.8 Å². The van der Waals surface area contributed by atoms with Crippen molar-refractivity contribution in [3.8, 4) is 0 Å². The van der Waals surface area contributed by atoms with Crippen LogP contribution in [0.4, 0.5) is 0 Å². The Morgan fingerprint density at radius 3 is 2.38 bits per heavy atom. The molecule has 1 unspecified atom stereocenters. The van der Waals surface area contributed by atoms with E-state index in [0.717, 1.165) is 0 Å². The van der Waals surface area contributed by atoms with Crippen molar-refractivity contribution in [2.45, 2.75) is 0 Å². The van der Waals surface area contributed by atoms with Crippen LogP contribution in [0.15, 0.2) is 0 Å². The molecule has 3 atom stereocenters. The van der Waals surface area contributed by atoms with Crippen molar-refractivity contribution in [3.63, 3.8) is 0 Å². The molecule has 13 heavy (non-hydrogen) atoms. The largest absolute Gasteiger partial charge is 0.481 e. The SMILES string of the molecule is COC(=O)[C@@H]1CS(=O)C[C@H]1C(=O)O. The zero-order valence-electron chi connectivity index (χ0n) is 7.06. The summed E-state index contributed by atoms with van der Waals surface area (Å²) in [7, 11) is -0.0105. The molecule has 1 aliphatic heterocycles. The van der Waals surface area contributed by atoms with Crippen LogP contribution >= 0.6 is 0 Å². The van der Waals surface area contributed by atoms with Crippen molar-refractivity contribution in [2.75, 3.05) is 18.6 Å². The second-order valence-corrected chi connectivity index (χ2v) is 4.39. The van der Waals surface area contributed by atoms with Crippen molar-refractivity contribution in [1.82, 2.24) is 0 Å². The fourth-order valence-corrected chi connectivity index (χ4v) is 3.01. The maximum absolute atomic E-state index is 11.1. The highest BCUT2D eigenvalue weighted by Gasteiger charge is 2.42. The molecule has 0 aromatic carbocycles. The number of hydrogen-bond donors (Lipinski definition) is 1. The highest BCUT2D eigenvalue weighted by molar-refractivity contribution is 7.85. The average molecular weight is 206 g/mol. The molecule has 0 bridgehead atoms. The van der Waals surface area contributed by atoms with Crippen LogP contribution in [0.2, 0.25) is 0 Å². The second kappa shape index (κ2) is 3.87. The minimum atomic E-state index is -1.21. The number of methoxy groups -OCH3 is 1. The van der Waals surface area contributed by atoms with E-state index in [2.05, 4.69) is 4.74 Å². The van der Waals surface area contributed by atoms with Crippen molar-refractivity contribution in [2.24, 2.45) is 11.8 Å². The van der Waals surface area contributed by atoms with Gasteiger partial charge in [-0.1, -0.05) is 0 Å². The summed E-state index contributed by atoms with van der Waals surface area (Å²) in [5.74, 6) is -3.12. The molecule has 1 saturated heterocycles. The summed E-state index contributed by atoms with van der Waals surface area (Å²) in [6, 6.07) is 0. The molecule has 1 rings (SSSR count). The van der Waals surface area contributed by atoms with Gasteiger partial charge in [0.2, 0.25) is 0 Å². The standard InChI is InChI=1S/C7H10O5S/c1-12-7(10)5-3-13(11)2-4(5)6(8)9/h4-5H,2-3H2,1H3,(H,8,9)/t4-,5-,13?/m1/s1. The quantitative estimate of drug-likeness (QED) is 0.600. The third-order valence-electron chi connectivity index (χ3n) is 2.04. The van der Waals surface area contributed by atoms with Crippen LogP contribution < -0.4 is 0 Å². The Morgan fingerprint density at radius 2 is 1.92 bits per heavy atom. The second-order valence-electron chi connectivity index (χ2n) is 2.85. The molecule has 5 nitrogen and oxygen atoms in total. The molecular weight excluding hydrogens is 196 g/mol. The van der Waals surface area contributed by atoms with Crippen LogP contribution in [0.3, 0.4) is 0 Å². The van der Waals surface area contributed by atoms with Gasteiger partial charge in [0.1, 0.15) is 0 Å². The lowest BCUT2D eigenvalue weighted by Gasteiger charge is -2.10. The van der Waals surface area contributed by atoms with E-state index < -0.39 is 34.6 Å². The summed E-state index contributed by atoms with van der Waals surface area (Å²) in [6.45, 7) is 0. The molecule has 0 aliphatic carbocycles. The van der Waals surface area contributed by atoms with Crippen LogP contribution in [0.1, 0.15) is 0 Å². The average Bonchev–Trinajstić information content (AvgIpc) is 2.46. The van der Waals surface area contributed by atoms with Gasteiger partial charge in [0.25, 0.3) is 0 Å². The van der Waals surface area contributed by atoms with E-state index in [0.29, 0.717) is 0 Å². The maximum Gasteiger partial charge on any atom is 0.310 e. The Hall–Kier alpha value is -0.910. The van der Waals surface area contributed by atoms with E-state index in [1.807, 2.05) is 0 Å². The normalized spacial score (nSPS) is 32.8. The molecule has 74 valence electrons. The fraction of sp³-hybridized carbons (Fsp3) is 0.714. The number of carbonyl (C=O) groups excluding carboxylic acids is 1. The topological polar surface area (TPSA) is 80.7 Å². The summed E-state index contributed by atoms with van der Waals surface area (Å²) in [5, 5.41) is 8.70. The van der Waals surface area contributed by atoms with E-state index >= 15 is 0 Å². The predicted octanol–water partition coefficient (Wildman–Crippen LogP) is -0.761. The van der Waals surface area contributed by atoms with E-state index in [9.17, 15) is 13.8 Å². The number of esters is 1. The van der Waals surface area contributed by atoms with Crippen LogP contribution in [-0.2, 0) is 25.1 Å². The molecule has 6 heteroatoms. The van der Waals surface area contributed by atoms with E-state index in [1.165, 1.54) is 7.11 Å². The third-order valence-corrected chi connectivity index (χ3v) is 3.50. The third kappa shape index (κ3) is 2.06. The van der Waals surface area contributed by atoms with Crippen molar-refractivity contribution in [1.29, 1.82) is 0 Å². The Kier molecular flexibility index (Phi) is 3.02. The van der Waals surface area contributed by atoms with E-state index in [1.54, 1.807) is 0 Å². The highest BCUT2D eigenvalue weighted by Crippen LogP contribution is 2.24. The molecule has 1 fully saturated rings. The highest BCUT2D eigenvalue weighted by atomic mass is 32.2. The molecule has 0 amide bonds. The summed E-state index contributed by atoms with van der Waals surface area (Å²) in [4.78, 5) is 21.7. The Morgan fingerprint density at radius 1 is 1.38 bits per heavy atom. The zero-order valence-corrected chi connectivity index (χ0v) is 7.87. The number of carboxylic acids is 1. The molecule has 1 heterocycles. The monoisotopic (exact) mass is 206 g/mol. The van der Waals surface area contributed by atoms with Gasteiger partial charge in [-0.05, 0) is 0 Å². The van der Waals surface area contributed by atoms with Gasteiger partial charge in [-0.25, -0.2) is 0 Å². The lowest BCUT2D eigenvalue weighted by atomic mass is 9.97. The molecule has 1 aliphatic rings. The number of rotatable bonds is 2. The molecule has 0 aromatic rings. The molecule has 1 N–H and O–H groups in total. The first kappa shape index (κ1) is 10.2.